The molecule has 2 rings (SSSR count). The Morgan fingerprint density at radius 2 is 1.88 bits per heavy atom. The van der Waals surface area contributed by atoms with E-state index in [-0.39, 0.29) is 6.61 Å². The largest absolute Gasteiger partial charge is 0.439 e. The van der Waals surface area contributed by atoms with Crippen LogP contribution in [0.5, 0.6) is 11.6 Å². The molecule has 0 spiro atoms. The molecule has 0 radical (unpaired) electrons. The third-order valence-electron chi connectivity index (χ3n) is 2.94. The molecule has 8 heteroatoms. The molecule has 0 amide bonds. The Kier molecular flexibility index (Phi) is 8.33. The van der Waals surface area contributed by atoms with Gasteiger partial charge in [0.25, 0.3) is 0 Å². The van der Waals surface area contributed by atoms with Crippen LogP contribution < -0.4 is 4.74 Å². The number of hydrogen-bond acceptors (Lipinski definition) is 7. The molecular weight excluding hydrogens is 375 g/mol. The third-order valence-corrected chi connectivity index (χ3v) is 8.58. The minimum Gasteiger partial charge on any atom is -0.439 e. The highest BCUT2D eigenvalue weighted by Gasteiger charge is 2.20. The molecule has 1 atom stereocenters. The van der Waals surface area contributed by atoms with Crippen LogP contribution >= 0.6 is 17.1 Å². The van der Waals surface area contributed by atoms with Crippen molar-refractivity contribution < 1.29 is 13.8 Å². The van der Waals surface area contributed by atoms with Gasteiger partial charge in [0.05, 0.1) is 18.9 Å². The average molecular weight is 398 g/mol. The molecule has 25 heavy (non-hydrogen) atoms. The predicted octanol–water partition coefficient (Wildman–Crippen LogP) is 5.50. The lowest BCUT2D eigenvalue weighted by atomic mass is 10.3. The molecule has 0 aliphatic heterocycles. The molecule has 1 aromatic carbocycles. The molecule has 136 valence electrons. The normalized spacial score (nSPS) is 13.4. The third kappa shape index (κ3) is 7.04. The lowest BCUT2D eigenvalue weighted by Crippen LogP contribution is -2.01. The molecule has 1 heterocycles. The molecule has 0 saturated heterocycles. The summed E-state index contributed by atoms with van der Waals surface area (Å²) in [5.41, 5.74) is -1.62. The van der Waals surface area contributed by atoms with Crippen LogP contribution in [0.1, 0.15) is 31.8 Å². The van der Waals surface area contributed by atoms with Crippen molar-refractivity contribution in [3.05, 3.63) is 47.9 Å². The number of ether oxygens (including phenoxy) is 1. The molecule has 5 nitrogen and oxygen atoms in total. The lowest BCUT2D eigenvalue weighted by molar-refractivity contribution is 0.258. The van der Waals surface area contributed by atoms with Gasteiger partial charge in [0, 0.05) is 11.8 Å². The zero-order chi connectivity index (χ0) is 18.1. The van der Waals surface area contributed by atoms with Crippen molar-refractivity contribution in [2.24, 2.45) is 0 Å². The Bertz CT molecular complexity index is 716. The maximum absolute atomic E-state index is 5.94. The summed E-state index contributed by atoms with van der Waals surface area (Å²) in [6, 6.07) is 11.3. The van der Waals surface area contributed by atoms with Gasteiger partial charge >= 0.3 is 0 Å². The number of benzene rings is 1. The summed E-state index contributed by atoms with van der Waals surface area (Å²) in [5, 5.41) is 0. The summed E-state index contributed by atoms with van der Waals surface area (Å²) < 4.78 is 17.4. The van der Waals surface area contributed by atoms with Crippen molar-refractivity contribution in [2.45, 2.75) is 33.8 Å². The van der Waals surface area contributed by atoms with Gasteiger partial charge in [-0.05, 0) is 44.2 Å². The Hall–Kier alpha value is -0.980. The van der Waals surface area contributed by atoms with E-state index >= 15 is 0 Å². The van der Waals surface area contributed by atoms with Crippen molar-refractivity contribution in [3.63, 3.8) is 0 Å². The zero-order valence-electron chi connectivity index (χ0n) is 14.7. The van der Waals surface area contributed by atoms with E-state index in [9.17, 15) is 0 Å². The summed E-state index contributed by atoms with van der Waals surface area (Å²) in [6.45, 7) is 6.69. The average Bonchev–Trinajstić information content (AvgIpc) is 2.59. The number of aromatic nitrogens is 2. The molecule has 2 aromatic rings. The van der Waals surface area contributed by atoms with Crippen LogP contribution in [0.25, 0.3) is 0 Å². The maximum Gasteiger partial charge on any atom is 0.247 e. The molecule has 0 aliphatic rings. The molecular formula is C17H23N2O3PS2. The first-order valence-corrected chi connectivity index (χ1v) is 12.4. The second-order valence-corrected chi connectivity index (χ2v) is 11.6. The van der Waals surface area contributed by atoms with E-state index in [2.05, 4.69) is 16.9 Å². The molecule has 0 saturated carbocycles. The first kappa shape index (κ1) is 20.3. The molecule has 0 unspecified atom stereocenters. The van der Waals surface area contributed by atoms with E-state index in [0.29, 0.717) is 18.3 Å². The summed E-state index contributed by atoms with van der Waals surface area (Å²) >= 11 is 7.18. The van der Waals surface area contributed by atoms with Gasteiger partial charge in [0.15, 0.2) is 0 Å². The van der Waals surface area contributed by atoms with Gasteiger partial charge in [-0.3, -0.25) is 0 Å². The highest BCUT2D eigenvalue weighted by atomic mass is 32.9. The molecule has 0 fully saturated rings. The number of para-hydroxylation sites is 1. The fourth-order valence-electron chi connectivity index (χ4n) is 1.95. The monoisotopic (exact) mass is 398 g/mol. The van der Waals surface area contributed by atoms with Gasteiger partial charge in [-0.25, -0.2) is 4.98 Å². The van der Waals surface area contributed by atoms with Crippen molar-refractivity contribution in [1.82, 2.24) is 9.97 Å². The second kappa shape index (κ2) is 10.2. The van der Waals surface area contributed by atoms with E-state index in [1.165, 1.54) is 0 Å². The Morgan fingerprint density at radius 3 is 2.56 bits per heavy atom. The fraction of sp³-hybridized carbons (Fsp3) is 0.412. The topological polar surface area (TPSA) is 53.5 Å². The van der Waals surface area contributed by atoms with E-state index < -0.39 is 5.69 Å². The van der Waals surface area contributed by atoms with Gasteiger partial charge in [-0.1, -0.05) is 36.5 Å². The highest BCUT2D eigenvalue weighted by molar-refractivity contribution is 8.67. The highest BCUT2D eigenvalue weighted by Crippen LogP contribution is 2.61. The van der Waals surface area contributed by atoms with Crippen LogP contribution in [-0.4, -0.2) is 22.3 Å². The van der Waals surface area contributed by atoms with Crippen LogP contribution in [0, 0.1) is 6.92 Å². The van der Waals surface area contributed by atoms with Crippen molar-refractivity contribution in [2.75, 3.05) is 12.4 Å². The van der Waals surface area contributed by atoms with Crippen LogP contribution in [0.15, 0.2) is 36.4 Å². The van der Waals surface area contributed by atoms with Gasteiger partial charge in [-0.15, -0.1) is 0 Å². The molecule has 1 aromatic heterocycles. The minimum atomic E-state index is -2.35. The minimum absolute atomic E-state index is 0.280. The Morgan fingerprint density at radius 1 is 1.12 bits per heavy atom. The predicted molar refractivity (Wildman–Crippen MR) is 107 cm³/mol. The number of nitrogens with zero attached hydrogens (tertiary/aromatic N) is 2. The van der Waals surface area contributed by atoms with Crippen LogP contribution in [0.3, 0.4) is 0 Å². The van der Waals surface area contributed by atoms with E-state index in [4.69, 9.17) is 25.6 Å². The zero-order valence-corrected chi connectivity index (χ0v) is 17.2. The Balaban J connectivity index is 2.07. The SMILES string of the molecule is CCCS[P@@](=S)(OCC)OCc1cc(Oc2ccccc2)nc(C)n1. The first-order chi connectivity index (χ1) is 12.0. The van der Waals surface area contributed by atoms with E-state index in [1.807, 2.05) is 44.2 Å². The van der Waals surface area contributed by atoms with Crippen LogP contribution in [0.2, 0.25) is 0 Å². The summed E-state index contributed by atoms with van der Waals surface area (Å²) in [4.78, 5) is 8.73. The quantitative estimate of drug-likeness (QED) is 0.490. The van der Waals surface area contributed by atoms with E-state index in [0.717, 1.165) is 23.6 Å². The maximum atomic E-state index is 5.94. The molecule has 0 aliphatic carbocycles. The summed E-state index contributed by atoms with van der Waals surface area (Å²) in [6.07, 6.45) is 1.03. The lowest BCUT2D eigenvalue weighted by Gasteiger charge is -2.20. The van der Waals surface area contributed by atoms with Gasteiger partial charge < -0.3 is 13.8 Å². The van der Waals surface area contributed by atoms with E-state index in [1.54, 1.807) is 17.4 Å². The van der Waals surface area contributed by atoms with Gasteiger partial charge in [0.2, 0.25) is 11.6 Å². The molecule has 0 N–H and O–H groups in total. The second-order valence-electron chi connectivity index (χ2n) is 5.13. The van der Waals surface area contributed by atoms with Crippen molar-refractivity contribution in [3.8, 4) is 11.6 Å². The fourth-order valence-corrected chi connectivity index (χ4v) is 6.47. The Labute approximate surface area is 158 Å². The first-order valence-electron chi connectivity index (χ1n) is 8.15. The van der Waals surface area contributed by atoms with Gasteiger partial charge in [-0.2, -0.15) is 4.98 Å². The molecule has 0 bridgehead atoms. The van der Waals surface area contributed by atoms with Crippen LogP contribution in [-0.2, 0) is 27.5 Å². The number of hydrogen-bond donors (Lipinski definition) is 0. The standard InChI is InChI=1S/C17H23N2O3PS2/c1-4-11-25-23(24,20-5-2)21-13-15-12-17(19-14(3)18-15)22-16-9-7-6-8-10-16/h6-10,12H,4-5,11,13H2,1-3H3/t23-/m0/s1. The summed E-state index contributed by atoms with van der Waals surface area (Å²) in [5.74, 6) is 2.76. The number of aryl methyl sites for hydroxylation is 1. The van der Waals surface area contributed by atoms with Gasteiger partial charge in [0.1, 0.15) is 11.6 Å². The van der Waals surface area contributed by atoms with Crippen LogP contribution in [0.4, 0.5) is 0 Å². The number of rotatable bonds is 10. The summed E-state index contributed by atoms with van der Waals surface area (Å²) in [7, 11) is 0. The van der Waals surface area contributed by atoms with Crippen molar-refractivity contribution >= 4 is 28.9 Å². The van der Waals surface area contributed by atoms with Crippen molar-refractivity contribution in [1.29, 1.82) is 0 Å². The smallest absolute Gasteiger partial charge is 0.247 e.